The van der Waals surface area contributed by atoms with E-state index in [1.54, 1.807) is 12.4 Å². The Morgan fingerprint density at radius 3 is 2.05 bits per heavy atom. The number of thiophene rings is 1. The Kier molecular flexibility index (Phi) is 13.4. The van der Waals surface area contributed by atoms with Gasteiger partial charge in [-0.3, -0.25) is 9.97 Å². The maximum Gasteiger partial charge on any atom is 0.0798 e. The molecule has 0 fully saturated rings. The first-order chi connectivity index (χ1) is 28.9. The van der Waals surface area contributed by atoms with E-state index < -0.39 is 8.07 Å². The molecule has 0 saturated carbocycles. The van der Waals surface area contributed by atoms with Crippen molar-refractivity contribution in [3.63, 3.8) is 0 Å². The van der Waals surface area contributed by atoms with Crippen LogP contribution < -0.4 is 5.19 Å². The second-order valence-corrected chi connectivity index (χ2v) is 24.0. The molecule has 0 atom stereocenters. The summed E-state index contributed by atoms with van der Waals surface area (Å²) in [5, 5.41) is 4.03. The van der Waals surface area contributed by atoms with Gasteiger partial charge >= 0.3 is 0 Å². The summed E-state index contributed by atoms with van der Waals surface area (Å²) in [6.07, 6.45) is 6.70. The third-order valence-corrected chi connectivity index (χ3v) is 14.4. The number of aromatic nitrogens is 4. The molecule has 61 heavy (non-hydrogen) atoms. The Hall–Kier alpha value is -5.04. The van der Waals surface area contributed by atoms with Crippen LogP contribution in [0.5, 0.6) is 0 Å². The Bertz CT molecular complexity index is 2900. The number of imidazole rings is 1. The SMILES string of the molecule is CC(C)Cc1cc(-c2[c-]cncc2)ncc1[Si](C)(C)C.CC(C)c1cc(-c2ccccc2)cc(C(C)C)c1-n1c(-c2[c-]cc3sc4ccccc4c3c2)nc2ccccc21.[Ir]. The van der Waals surface area contributed by atoms with Gasteiger partial charge in [0.05, 0.1) is 24.9 Å². The van der Waals surface area contributed by atoms with Crippen molar-refractivity contribution >= 4 is 55.8 Å². The maximum atomic E-state index is 5.25. The molecule has 4 heterocycles. The zero-order chi connectivity index (χ0) is 42.1. The molecule has 4 nitrogen and oxygen atoms in total. The number of pyridine rings is 2. The van der Waals surface area contributed by atoms with Crippen LogP contribution in [0.4, 0.5) is 0 Å². The fraction of sp³-hybridized carbons (Fsp3) is 0.241. The van der Waals surface area contributed by atoms with Gasteiger partial charge in [0.25, 0.3) is 0 Å². The molecule has 0 N–H and O–H groups in total. The van der Waals surface area contributed by atoms with E-state index in [9.17, 15) is 0 Å². The molecule has 0 aliphatic rings. The summed E-state index contributed by atoms with van der Waals surface area (Å²) in [5.41, 5.74) is 13.0. The number of hydrogen-bond acceptors (Lipinski definition) is 4. The molecule has 9 aromatic rings. The molecule has 0 bridgehead atoms. The first-order valence-corrected chi connectivity index (χ1v) is 25.5. The molecule has 311 valence electrons. The molecule has 1 radical (unpaired) electrons. The van der Waals surface area contributed by atoms with E-state index in [2.05, 4.69) is 203 Å². The molecule has 0 saturated heterocycles. The molecule has 0 aliphatic carbocycles. The Morgan fingerprint density at radius 1 is 0.689 bits per heavy atom. The third kappa shape index (κ3) is 9.27. The van der Waals surface area contributed by atoms with Gasteiger partial charge in [0.2, 0.25) is 0 Å². The summed E-state index contributed by atoms with van der Waals surface area (Å²) < 4.78 is 4.96. The van der Waals surface area contributed by atoms with Gasteiger partial charge in [-0.05, 0) is 110 Å². The summed E-state index contributed by atoms with van der Waals surface area (Å²) in [5.74, 6) is 2.26. The number of benzene rings is 5. The van der Waals surface area contributed by atoms with Crippen molar-refractivity contribution in [1.82, 2.24) is 19.5 Å². The largest absolute Gasteiger partial charge is 0.333 e. The zero-order valence-corrected chi connectivity index (χ0v) is 40.9. The van der Waals surface area contributed by atoms with Crippen LogP contribution in [0.3, 0.4) is 0 Å². The van der Waals surface area contributed by atoms with E-state index in [0.717, 1.165) is 40.1 Å². The Morgan fingerprint density at radius 2 is 1.38 bits per heavy atom. The monoisotopic (exact) mass is 1010 g/mol. The van der Waals surface area contributed by atoms with Crippen molar-refractivity contribution in [2.75, 3.05) is 0 Å². The Balaban J connectivity index is 0.000000226. The van der Waals surface area contributed by atoms with Crippen molar-refractivity contribution < 1.29 is 20.1 Å². The summed E-state index contributed by atoms with van der Waals surface area (Å²) in [6, 6.07) is 48.1. The van der Waals surface area contributed by atoms with Gasteiger partial charge in [-0.15, -0.1) is 29.8 Å². The van der Waals surface area contributed by atoms with Crippen molar-refractivity contribution in [2.45, 2.75) is 79.4 Å². The summed E-state index contributed by atoms with van der Waals surface area (Å²) in [4.78, 5) is 13.9. The third-order valence-electron chi connectivity index (χ3n) is 11.2. The van der Waals surface area contributed by atoms with Gasteiger partial charge in [0.1, 0.15) is 0 Å². The van der Waals surface area contributed by atoms with Crippen LogP contribution in [0, 0.1) is 18.1 Å². The van der Waals surface area contributed by atoms with E-state index in [1.807, 2.05) is 17.4 Å². The summed E-state index contributed by atoms with van der Waals surface area (Å²) in [7, 11) is -1.35. The van der Waals surface area contributed by atoms with Crippen LogP contribution in [-0.2, 0) is 26.5 Å². The minimum absolute atomic E-state index is 0. The van der Waals surface area contributed by atoms with Gasteiger partial charge in [-0.25, -0.2) is 0 Å². The van der Waals surface area contributed by atoms with E-state index in [1.165, 1.54) is 58.9 Å². The smallest absolute Gasteiger partial charge is 0.0798 e. The van der Waals surface area contributed by atoms with Gasteiger partial charge in [-0.2, -0.15) is 23.0 Å². The molecule has 9 rings (SSSR count). The minimum atomic E-state index is -1.35. The predicted molar refractivity (Wildman–Crippen MR) is 260 cm³/mol. The van der Waals surface area contributed by atoms with E-state index in [0.29, 0.717) is 17.8 Å². The summed E-state index contributed by atoms with van der Waals surface area (Å²) >= 11 is 1.82. The average molecular weight is 1010 g/mol. The van der Waals surface area contributed by atoms with Crippen LogP contribution in [0.15, 0.2) is 134 Å². The van der Waals surface area contributed by atoms with Crippen molar-refractivity contribution in [1.29, 1.82) is 0 Å². The second kappa shape index (κ2) is 18.5. The molecule has 0 amide bonds. The first kappa shape index (κ1) is 44.0. The van der Waals surface area contributed by atoms with Crippen LogP contribution in [0.1, 0.15) is 70.1 Å². The molecular formula is C54H54IrN4SSi-2. The minimum Gasteiger partial charge on any atom is -0.333 e. The van der Waals surface area contributed by atoms with Crippen LogP contribution in [-0.4, -0.2) is 27.6 Å². The molecule has 5 aromatic carbocycles. The molecule has 0 spiro atoms. The molecule has 0 unspecified atom stereocenters. The van der Waals surface area contributed by atoms with E-state index in [4.69, 9.17) is 4.98 Å². The fourth-order valence-corrected chi connectivity index (χ4v) is 10.9. The zero-order valence-electron chi connectivity index (χ0n) is 36.7. The van der Waals surface area contributed by atoms with Gasteiger partial charge in [0, 0.05) is 36.7 Å². The van der Waals surface area contributed by atoms with E-state index in [-0.39, 0.29) is 20.1 Å². The molecular weight excluding hydrogens is 957 g/mol. The normalized spacial score (nSPS) is 11.7. The molecule has 7 heteroatoms. The molecule has 0 aliphatic heterocycles. The fourth-order valence-electron chi connectivity index (χ4n) is 8.25. The van der Waals surface area contributed by atoms with Gasteiger partial charge < -0.3 is 9.55 Å². The van der Waals surface area contributed by atoms with Gasteiger partial charge in [0.15, 0.2) is 0 Å². The van der Waals surface area contributed by atoms with Crippen molar-refractivity contribution in [3.8, 4) is 39.5 Å². The number of para-hydroxylation sites is 2. The number of hydrogen-bond donors (Lipinski definition) is 0. The topological polar surface area (TPSA) is 43.6 Å². The summed E-state index contributed by atoms with van der Waals surface area (Å²) in [6.45, 7) is 20.9. The van der Waals surface area contributed by atoms with E-state index >= 15 is 0 Å². The van der Waals surface area contributed by atoms with Crippen LogP contribution in [0.2, 0.25) is 19.6 Å². The predicted octanol–water partition coefficient (Wildman–Crippen LogP) is 14.5. The first-order valence-electron chi connectivity index (χ1n) is 21.2. The standard InChI is InChI=1S/C37H31N2S.C17H23N2Si.Ir/c1-23(2)29-21-27(25-12-6-5-7-13-25)22-30(24(3)4)36(29)39-33-16-10-9-15-32(33)38-37(39)26-18-19-35-31(20-26)28-14-8-11-17-34(28)40-35;1-13(2)10-15-11-16(14-6-8-18-9-7-14)19-12-17(15)20(3,4)5;/h5-17,19-24H,1-4H3;6,8-9,11-13H,10H2,1-5H3;/q2*-1;. The average Bonchev–Trinajstić information content (AvgIpc) is 3.82. The van der Waals surface area contributed by atoms with Crippen molar-refractivity contribution in [2.24, 2.45) is 5.92 Å². The Labute approximate surface area is 380 Å². The van der Waals surface area contributed by atoms with Crippen LogP contribution in [0.25, 0.3) is 70.7 Å². The number of rotatable bonds is 9. The second-order valence-electron chi connectivity index (χ2n) is 17.9. The van der Waals surface area contributed by atoms with Crippen LogP contribution >= 0.6 is 11.3 Å². The number of nitrogens with zero attached hydrogens (tertiary/aromatic N) is 4. The van der Waals surface area contributed by atoms with Crippen molar-refractivity contribution in [3.05, 3.63) is 163 Å². The van der Waals surface area contributed by atoms with Gasteiger partial charge in [-0.1, -0.05) is 139 Å². The number of fused-ring (bicyclic) bond motifs is 4. The maximum absolute atomic E-state index is 5.25. The quantitative estimate of drug-likeness (QED) is 0.107. The molecule has 4 aromatic heterocycles.